The lowest BCUT2D eigenvalue weighted by atomic mass is 10.1. The molecule has 6 aromatic rings. The first-order valence-electron chi connectivity index (χ1n) is 15.4. The fourth-order valence-electron chi connectivity index (χ4n) is 4.96. The molecule has 2 heterocycles. The molecule has 286 valence electrons. The number of amides is 2. The molecule has 0 saturated carbocycles. The lowest BCUT2D eigenvalue weighted by Crippen LogP contribution is -2.18. The van der Waals surface area contributed by atoms with E-state index in [4.69, 9.17) is 10.3 Å². The Bertz CT molecular complexity index is 2640. The van der Waals surface area contributed by atoms with Crippen molar-refractivity contribution in [2.75, 3.05) is 10.6 Å². The highest BCUT2D eigenvalue weighted by Crippen LogP contribution is 2.25. The molecule has 4 aromatic carbocycles. The first-order chi connectivity index (χ1) is 25.8. The first-order valence-corrected chi connectivity index (χ1v) is 18.5. The normalized spacial score (nSPS) is 11.4. The van der Waals surface area contributed by atoms with E-state index in [0.29, 0.717) is 5.56 Å². The van der Waals surface area contributed by atoms with Gasteiger partial charge in [0.25, 0.3) is 0 Å². The van der Waals surface area contributed by atoms with Crippen LogP contribution >= 0.6 is 0 Å². The highest BCUT2D eigenvalue weighted by molar-refractivity contribution is 7.89. The van der Waals surface area contributed by atoms with Gasteiger partial charge in [-0.3, -0.25) is 9.59 Å². The van der Waals surface area contributed by atoms with Gasteiger partial charge in [0.2, 0.25) is 31.9 Å². The van der Waals surface area contributed by atoms with Gasteiger partial charge in [0.1, 0.15) is 15.6 Å². The zero-order chi connectivity index (χ0) is 40.1. The molecule has 14 nitrogen and oxygen atoms in total. The Balaban J connectivity index is 0.000000211. The molecule has 6 N–H and O–H groups in total. The number of nitrogens with zero attached hydrogens (tertiary/aromatic N) is 4. The van der Waals surface area contributed by atoms with Gasteiger partial charge in [0.05, 0.1) is 49.0 Å². The van der Waals surface area contributed by atoms with Crippen molar-refractivity contribution in [2.24, 2.45) is 10.3 Å². The van der Waals surface area contributed by atoms with Gasteiger partial charge in [-0.15, -0.1) is 0 Å². The molecule has 2 aromatic heterocycles. The van der Waals surface area contributed by atoms with Crippen LogP contribution < -0.4 is 20.9 Å². The third-order valence-corrected chi connectivity index (χ3v) is 9.18. The smallest absolute Gasteiger partial charge is 0.240 e. The summed E-state index contributed by atoms with van der Waals surface area (Å²) in [5.41, 5.74) is 0.967. The van der Waals surface area contributed by atoms with Gasteiger partial charge in [-0.1, -0.05) is 18.2 Å². The fourth-order valence-corrected chi connectivity index (χ4v) is 6.45. The van der Waals surface area contributed by atoms with E-state index in [1.165, 1.54) is 48.5 Å². The summed E-state index contributed by atoms with van der Waals surface area (Å²) >= 11 is 0. The summed E-state index contributed by atoms with van der Waals surface area (Å²) in [6.07, 6.45) is 3.40. The second-order valence-corrected chi connectivity index (χ2v) is 14.5. The fraction of sp³-hybridized carbons (Fsp3) is 0.0588. The molecule has 55 heavy (non-hydrogen) atoms. The van der Waals surface area contributed by atoms with E-state index in [1.54, 1.807) is 6.07 Å². The number of hydrogen-bond acceptors (Lipinski definition) is 8. The number of anilines is 2. The lowest BCUT2D eigenvalue weighted by molar-refractivity contribution is -0.116. The topological polar surface area (TPSA) is 214 Å². The predicted molar refractivity (Wildman–Crippen MR) is 187 cm³/mol. The maximum atomic E-state index is 13.2. The Morgan fingerprint density at radius 3 is 1.45 bits per heavy atom. The van der Waals surface area contributed by atoms with E-state index in [2.05, 4.69) is 20.8 Å². The number of halogens is 5. The number of carbonyl (C=O) groups excluding carboxylic acids is 2. The number of sulfonamides is 2. The molecular weight excluding hydrogens is 776 g/mol. The molecule has 0 saturated heterocycles. The predicted octanol–water partition coefficient (Wildman–Crippen LogP) is 4.10. The van der Waals surface area contributed by atoms with E-state index in [0.717, 1.165) is 58.4 Å². The summed E-state index contributed by atoms with van der Waals surface area (Å²) in [6.45, 7) is 0. The Morgan fingerprint density at radius 2 is 1.05 bits per heavy atom. The van der Waals surface area contributed by atoms with Gasteiger partial charge in [-0.2, -0.15) is 10.2 Å². The van der Waals surface area contributed by atoms with Crippen molar-refractivity contribution in [3.63, 3.8) is 0 Å². The molecule has 0 unspecified atom stereocenters. The van der Waals surface area contributed by atoms with Crippen LogP contribution in [0, 0.1) is 29.1 Å². The zero-order valence-electron chi connectivity index (χ0n) is 27.8. The number of carbonyl (C=O) groups is 2. The van der Waals surface area contributed by atoms with Crippen LogP contribution in [0.4, 0.5) is 33.3 Å². The molecule has 0 radical (unpaired) electrons. The van der Waals surface area contributed by atoms with Crippen molar-refractivity contribution in [1.82, 2.24) is 19.6 Å². The van der Waals surface area contributed by atoms with Crippen LogP contribution in [0.15, 0.2) is 113 Å². The highest BCUT2D eigenvalue weighted by Gasteiger charge is 2.20. The van der Waals surface area contributed by atoms with Gasteiger partial charge in [0, 0.05) is 11.4 Å². The van der Waals surface area contributed by atoms with Gasteiger partial charge in [-0.25, -0.2) is 58.4 Å². The number of nitrogens with two attached hydrogens (primary N) is 2. The van der Waals surface area contributed by atoms with Crippen LogP contribution in [-0.4, -0.2) is 48.2 Å². The Hall–Kier alpha value is -6.29. The molecule has 0 bridgehead atoms. The Labute approximate surface area is 309 Å². The van der Waals surface area contributed by atoms with Crippen LogP contribution in [0.5, 0.6) is 0 Å². The van der Waals surface area contributed by atoms with E-state index < -0.39 is 60.9 Å². The van der Waals surface area contributed by atoms with E-state index >= 15 is 0 Å². The molecule has 0 atom stereocenters. The molecule has 0 aliphatic heterocycles. The van der Waals surface area contributed by atoms with E-state index in [1.807, 2.05) is 0 Å². The van der Waals surface area contributed by atoms with Crippen molar-refractivity contribution in [2.45, 2.75) is 22.6 Å². The molecule has 0 aliphatic carbocycles. The summed E-state index contributed by atoms with van der Waals surface area (Å²) in [5.74, 6) is -4.98. The Kier molecular flexibility index (Phi) is 11.9. The van der Waals surface area contributed by atoms with Gasteiger partial charge < -0.3 is 10.6 Å². The number of benzene rings is 4. The van der Waals surface area contributed by atoms with Crippen LogP contribution in [-0.2, 0) is 42.5 Å². The molecule has 0 fully saturated rings. The van der Waals surface area contributed by atoms with Crippen LogP contribution in [0.2, 0.25) is 0 Å². The summed E-state index contributed by atoms with van der Waals surface area (Å²) in [7, 11) is -8.41. The van der Waals surface area contributed by atoms with Gasteiger partial charge in [-0.05, 0) is 71.8 Å². The second-order valence-electron chi connectivity index (χ2n) is 11.5. The molecule has 21 heteroatoms. The molecule has 6 rings (SSSR count). The third-order valence-electron chi connectivity index (χ3n) is 7.30. The second kappa shape index (κ2) is 16.4. The molecular formula is C34H27F5N8O6S2. The average molecular weight is 803 g/mol. The SMILES string of the molecule is NS(=O)(=O)c1cc(NC(=O)Cc2ccc(F)c(F)c2)ccc1-n1cc(F)cn1.NS(=O)(=O)c1cc(NC(=O)Cc2cccc(F)c2)ccc1-n1cc(F)cn1. The highest BCUT2D eigenvalue weighted by atomic mass is 32.2. The van der Waals surface area contributed by atoms with E-state index in [9.17, 15) is 48.4 Å². The maximum absolute atomic E-state index is 13.2. The number of hydrogen-bond donors (Lipinski definition) is 4. The van der Waals surface area contributed by atoms with Gasteiger partial charge >= 0.3 is 0 Å². The average Bonchev–Trinajstić information content (AvgIpc) is 3.73. The van der Waals surface area contributed by atoms with E-state index in [-0.39, 0.29) is 50.9 Å². The summed E-state index contributed by atoms with van der Waals surface area (Å²) in [6, 6.07) is 16.3. The third kappa shape index (κ3) is 10.7. The Morgan fingerprint density at radius 1 is 0.582 bits per heavy atom. The first kappa shape index (κ1) is 39.9. The number of rotatable bonds is 10. The van der Waals surface area contributed by atoms with Crippen molar-refractivity contribution in [3.05, 3.63) is 144 Å². The number of primary sulfonamides is 2. The quantitative estimate of drug-likeness (QED) is 0.148. The number of nitrogens with one attached hydrogen (secondary N) is 2. The molecule has 0 aliphatic rings. The lowest BCUT2D eigenvalue weighted by Gasteiger charge is -2.11. The minimum absolute atomic E-state index is 0.00925. The largest absolute Gasteiger partial charge is 0.326 e. The molecule has 2 amide bonds. The van der Waals surface area contributed by atoms with Crippen LogP contribution in [0.1, 0.15) is 11.1 Å². The monoisotopic (exact) mass is 802 g/mol. The van der Waals surface area contributed by atoms with Crippen molar-refractivity contribution >= 4 is 43.2 Å². The summed E-state index contributed by atoms with van der Waals surface area (Å²) < 4.78 is 115. The standard InChI is InChI=1S/C17H13F3N4O3S.C17H14F2N4O3S/c18-11-8-22-24(9-11)15-4-2-12(7-16(15)28(21,26)27)23-17(25)6-10-1-3-13(19)14(20)5-10;18-12-3-1-2-11(6-12)7-17(24)22-14-4-5-15(16(8-14)27(20,25)26)23-10-13(19)9-21-23/h1-5,7-9H,6H2,(H,23,25)(H2,21,26,27);1-6,8-10H,7H2,(H,22,24)(H2,20,25,26). The van der Waals surface area contributed by atoms with Gasteiger partial charge in [0.15, 0.2) is 23.3 Å². The number of aromatic nitrogens is 4. The minimum Gasteiger partial charge on any atom is -0.326 e. The maximum Gasteiger partial charge on any atom is 0.240 e. The minimum atomic E-state index is -4.23. The van der Waals surface area contributed by atoms with Crippen molar-refractivity contribution in [1.29, 1.82) is 0 Å². The van der Waals surface area contributed by atoms with Crippen molar-refractivity contribution in [3.8, 4) is 11.4 Å². The van der Waals surface area contributed by atoms with Crippen LogP contribution in [0.25, 0.3) is 11.4 Å². The summed E-state index contributed by atoms with van der Waals surface area (Å²) in [4.78, 5) is 23.5. The zero-order valence-corrected chi connectivity index (χ0v) is 29.5. The van der Waals surface area contributed by atoms with Crippen molar-refractivity contribution < 1.29 is 48.4 Å². The summed E-state index contributed by atoms with van der Waals surface area (Å²) in [5, 5.41) is 22.8. The van der Waals surface area contributed by atoms with Crippen LogP contribution in [0.3, 0.4) is 0 Å². The molecule has 0 spiro atoms.